The van der Waals surface area contributed by atoms with Crippen LogP contribution < -0.4 is 20.1 Å². The molecule has 0 radical (unpaired) electrons. The number of hydrogen-bond donors (Lipinski definition) is 2. The second-order valence-corrected chi connectivity index (χ2v) is 5.45. The number of ether oxygens (including phenoxy) is 2. The van der Waals surface area contributed by atoms with Crippen LogP contribution in [0.4, 0.5) is 5.69 Å². The van der Waals surface area contributed by atoms with Gasteiger partial charge in [0, 0.05) is 18.5 Å². The lowest BCUT2D eigenvalue weighted by Gasteiger charge is -2.11. The zero-order valence-corrected chi connectivity index (χ0v) is 11.7. The van der Waals surface area contributed by atoms with Crippen LogP contribution in [0.1, 0.15) is 12.8 Å². The first kappa shape index (κ1) is 13.2. The molecule has 1 saturated heterocycles. The van der Waals surface area contributed by atoms with E-state index in [1.807, 2.05) is 0 Å². The van der Waals surface area contributed by atoms with Gasteiger partial charge in [-0.25, -0.2) is 0 Å². The number of nitrogens with zero attached hydrogens (tertiary/aromatic N) is 1. The smallest absolute Gasteiger partial charge is 0.240 e. The highest BCUT2D eigenvalue weighted by molar-refractivity contribution is 5.96. The first-order chi connectivity index (χ1) is 9.68. The molecule has 2 fully saturated rings. The number of methoxy groups -OCH3 is 2. The maximum absolute atomic E-state index is 12.3. The largest absolute Gasteiger partial charge is 0.481 e. The lowest BCUT2D eigenvalue weighted by Crippen LogP contribution is -2.20. The number of anilines is 1. The Morgan fingerprint density at radius 1 is 1.45 bits per heavy atom. The highest BCUT2D eigenvalue weighted by atomic mass is 16.5. The van der Waals surface area contributed by atoms with Crippen molar-refractivity contribution >= 4 is 11.6 Å². The Balaban J connectivity index is 1.70. The van der Waals surface area contributed by atoms with E-state index < -0.39 is 0 Å². The van der Waals surface area contributed by atoms with E-state index in [1.165, 1.54) is 7.11 Å². The highest BCUT2D eigenvalue weighted by Gasteiger charge is 2.59. The van der Waals surface area contributed by atoms with Crippen LogP contribution >= 0.6 is 0 Å². The van der Waals surface area contributed by atoms with Crippen molar-refractivity contribution in [1.82, 2.24) is 10.3 Å². The molecule has 2 aliphatic rings. The first-order valence-electron chi connectivity index (χ1n) is 6.79. The van der Waals surface area contributed by atoms with Crippen molar-refractivity contribution in [1.29, 1.82) is 0 Å². The molecule has 1 spiro atoms. The molecule has 1 aromatic rings. The summed E-state index contributed by atoms with van der Waals surface area (Å²) in [7, 11) is 3.07. The quantitative estimate of drug-likeness (QED) is 0.860. The Labute approximate surface area is 117 Å². The maximum atomic E-state index is 12.3. The average Bonchev–Trinajstić information content (AvgIpc) is 2.97. The van der Waals surface area contributed by atoms with Crippen molar-refractivity contribution in [3.8, 4) is 11.8 Å². The predicted octanol–water partition coefficient (Wildman–Crippen LogP) is 1.04. The molecule has 1 amide bonds. The molecular formula is C14H19N3O3. The molecule has 0 bridgehead atoms. The van der Waals surface area contributed by atoms with Gasteiger partial charge < -0.3 is 20.1 Å². The van der Waals surface area contributed by atoms with Gasteiger partial charge in [0.25, 0.3) is 0 Å². The van der Waals surface area contributed by atoms with Crippen LogP contribution in [0, 0.1) is 11.3 Å². The maximum Gasteiger partial charge on any atom is 0.240 e. The third kappa shape index (κ3) is 2.20. The first-order valence-corrected chi connectivity index (χ1v) is 6.79. The number of aromatic nitrogens is 1. The average molecular weight is 277 g/mol. The Morgan fingerprint density at radius 2 is 2.30 bits per heavy atom. The molecule has 2 N–H and O–H groups in total. The van der Waals surface area contributed by atoms with Crippen LogP contribution in [-0.2, 0) is 4.79 Å². The van der Waals surface area contributed by atoms with E-state index in [-0.39, 0.29) is 17.2 Å². The number of carbonyl (C=O) groups is 1. The van der Waals surface area contributed by atoms with Gasteiger partial charge in [-0.15, -0.1) is 0 Å². The van der Waals surface area contributed by atoms with Gasteiger partial charge in [0.2, 0.25) is 17.7 Å². The van der Waals surface area contributed by atoms with E-state index in [9.17, 15) is 4.79 Å². The summed E-state index contributed by atoms with van der Waals surface area (Å²) in [6.45, 7) is 1.96. The molecule has 1 aliphatic heterocycles. The van der Waals surface area contributed by atoms with Crippen molar-refractivity contribution in [2.75, 3.05) is 32.6 Å². The molecule has 108 valence electrons. The summed E-state index contributed by atoms with van der Waals surface area (Å²) in [6, 6.07) is 3.46. The van der Waals surface area contributed by atoms with Crippen LogP contribution in [0.2, 0.25) is 0 Å². The highest BCUT2D eigenvalue weighted by Crippen LogP contribution is 2.56. The van der Waals surface area contributed by atoms with E-state index in [1.54, 1.807) is 19.2 Å². The summed E-state index contributed by atoms with van der Waals surface area (Å²) in [6.07, 6.45) is 2.06. The van der Waals surface area contributed by atoms with E-state index >= 15 is 0 Å². The second kappa shape index (κ2) is 4.94. The van der Waals surface area contributed by atoms with Crippen LogP contribution in [0.3, 0.4) is 0 Å². The number of amides is 1. The molecule has 2 atom stereocenters. The lowest BCUT2D eigenvalue weighted by molar-refractivity contribution is -0.118. The SMILES string of the molecule is COc1ccc(NC(=O)C2CC23CCNC3)c(OC)n1. The number of nitrogens with one attached hydrogen (secondary N) is 2. The normalized spacial score (nSPS) is 27.4. The topological polar surface area (TPSA) is 72.5 Å². The molecule has 20 heavy (non-hydrogen) atoms. The molecule has 1 aromatic heterocycles. The van der Waals surface area contributed by atoms with Gasteiger partial charge in [-0.05, 0) is 30.9 Å². The van der Waals surface area contributed by atoms with Gasteiger partial charge in [0.1, 0.15) is 5.69 Å². The monoisotopic (exact) mass is 277 g/mol. The number of carbonyl (C=O) groups excluding carboxylic acids is 1. The number of rotatable bonds is 4. The van der Waals surface area contributed by atoms with Crippen molar-refractivity contribution in [3.05, 3.63) is 12.1 Å². The zero-order valence-electron chi connectivity index (χ0n) is 11.7. The van der Waals surface area contributed by atoms with Gasteiger partial charge >= 0.3 is 0 Å². The summed E-state index contributed by atoms with van der Waals surface area (Å²) in [5.41, 5.74) is 0.781. The van der Waals surface area contributed by atoms with Gasteiger partial charge in [0.15, 0.2) is 0 Å². The molecule has 1 saturated carbocycles. The molecule has 6 nitrogen and oxygen atoms in total. The van der Waals surface area contributed by atoms with Crippen LogP contribution in [0.15, 0.2) is 12.1 Å². The van der Waals surface area contributed by atoms with Crippen LogP contribution in [0.25, 0.3) is 0 Å². The van der Waals surface area contributed by atoms with Gasteiger partial charge in [-0.1, -0.05) is 0 Å². The Morgan fingerprint density at radius 3 is 2.95 bits per heavy atom. The Hall–Kier alpha value is -1.82. The third-order valence-electron chi connectivity index (χ3n) is 4.28. The number of pyridine rings is 1. The van der Waals surface area contributed by atoms with E-state index in [0.29, 0.717) is 17.4 Å². The summed E-state index contributed by atoms with van der Waals surface area (Å²) >= 11 is 0. The zero-order chi connectivity index (χ0) is 14.2. The predicted molar refractivity (Wildman–Crippen MR) is 74.0 cm³/mol. The fraction of sp³-hybridized carbons (Fsp3) is 0.571. The fourth-order valence-electron chi connectivity index (χ4n) is 2.96. The van der Waals surface area contributed by atoms with E-state index in [2.05, 4.69) is 15.6 Å². The summed E-state index contributed by atoms with van der Waals surface area (Å²) in [5, 5.41) is 6.24. The minimum atomic E-state index is 0.0546. The van der Waals surface area contributed by atoms with E-state index in [4.69, 9.17) is 9.47 Å². The van der Waals surface area contributed by atoms with Crippen molar-refractivity contribution < 1.29 is 14.3 Å². The van der Waals surface area contributed by atoms with Crippen molar-refractivity contribution in [2.45, 2.75) is 12.8 Å². The molecule has 0 aromatic carbocycles. The van der Waals surface area contributed by atoms with Crippen molar-refractivity contribution in [2.24, 2.45) is 11.3 Å². The third-order valence-corrected chi connectivity index (χ3v) is 4.28. The summed E-state index contributed by atoms with van der Waals surface area (Å²) in [5.74, 6) is 0.989. The van der Waals surface area contributed by atoms with Gasteiger partial charge in [0.05, 0.1) is 14.2 Å². The van der Waals surface area contributed by atoms with Crippen LogP contribution in [0.5, 0.6) is 11.8 Å². The summed E-state index contributed by atoms with van der Waals surface area (Å²) in [4.78, 5) is 16.5. The van der Waals surface area contributed by atoms with Crippen molar-refractivity contribution in [3.63, 3.8) is 0 Å². The standard InChI is InChI=1S/C14H19N3O3/c1-19-11-4-3-10(13(17-11)20-2)16-12(18)9-7-14(9)5-6-15-8-14/h3-4,9,15H,5-8H2,1-2H3,(H,16,18). The molecule has 1 aliphatic carbocycles. The van der Waals surface area contributed by atoms with E-state index in [0.717, 1.165) is 25.9 Å². The molecule has 2 heterocycles. The lowest BCUT2D eigenvalue weighted by atomic mass is 10.0. The van der Waals surface area contributed by atoms with Gasteiger partial charge in [-0.3, -0.25) is 4.79 Å². The second-order valence-electron chi connectivity index (χ2n) is 5.45. The minimum Gasteiger partial charge on any atom is -0.481 e. The minimum absolute atomic E-state index is 0.0546. The Bertz CT molecular complexity index is 526. The fourth-order valence-corrected chi connectivity index (χ4v) is 2.96. The number of hydrogen-bond acceptors (Lipinski definition) is 5. The molecule has 3 rings (SSSR count). The molecular weight excluding hydrogens is 258 g/mol. The molecule has 6 heteroatoms. The Kier molecular flexibility index (Phi) is 3.25. The van der Waals surface area contributed by atoms with Crippen LogP contribution in [-0.4, -0.2) is 38.2 Å². The molecule has 2 unspecified atom stereocenters. The van der Waals surface area contributed by atoms with Gasteiger partial charge in [-0.2, -0.15) is 4.98 Å². The summed E-state index contributed by atoms with van der Waals surface area (Å²) < 4.78 is 10.2.